The molecular weight excluding hydrogens is 398 g/mol. The number of ether oxygens (including phenoxy) is 2. The Hall–Kier alpha value is -3.01. The van der Waals surface area contributed by atoms with Crippen LogP contribution in [0.2, 0.25) is 0 Å². The van der Waals surface area contributed by atoms with Crippen molar-refractivity contribution in [3.05, 3.63) is 70.9 Å². The number of fused-ring (bicyclic) bond motifs is 1. The average Bonchev–Trinajstić information content (AvgIpc) is 3.24. The number of H-pyrrole nitrogens is 1. The highest BCUT2D eigenvalue weighted by Crippen LogP contribution is 2.43. The Kier molecular flexibility index (Phi) is 7.79. The van der Waals surface area contributed by atoms with E-state index in [4.69, 9.17) is 4.74 Å². The Morgan fingerprint density at radius 3 is 2.53 bits per heavy atom. The smallest absolute Gasteiger partial charge is 0.330 e. The maximum atomic E-state index is 11.4. The predicted molar refractivity (Wildman–Crippen MR) is 132 cm³/mol. The van der Waals surface area contributed by atoms with Crippen molar-refractivity contribution in [2.45, 2.75) is 58.8 Å². The van der Waals surface area contributed by atoms with Crippen molar-refractivity contribution in [2.24, 2.45) is 0 Å². The molecule has 0 aliphatic rings. The van der Waals surface area contributed by atoms with Gasteiger partial charge in [-0.3, -0.25) is 0 Å². The van der Waals surface area contributed by atoms with Crippen molar-refractivity contribution >= 4 is 22.9 Å². The van der Waals surface area contributed by atoms with E-state index in [1.165, 1.54) is 35.3 Å². The number of carbonyl (C=O) groups is 1. The molecule has 0 spiro atoms. The molecule has 0 aliphatic heterocycles. The fourth-order valence-corrected chi connectivity index (χ4v) is 4.51. The Morgan fingerprint density at radius 2 is 1.88 bits per heavy atom. The molecule has 3 aromatic rings. The predicted octanol–water partition coefficient (Wildman–Crippen LogP) is 6.95. The lowest BCUT2D eigenvalue weighted by Gasteiger charge is -2.33. The summed E-state index contributed by atoms with van der Waals surface area (Å²) in [6.45, 7) is 9.60. The van der Waals surface area contributed by atoms with Crippen LogP contribution in [0.4, 0.5) is 0 Å². The lowest BCUT2D eigenvalue weighted by Crippen LogP contribution is -2.26. The van der Waals surface area contributed by atoms with E-state index in [9.17, 15) is 4.79 Å². The number of esters is 1. The van der Waals surface area contributed by atoms with Gasteiger partial charge in [0.2, 0.25) is 0 Å². The van der Waals surface area contributed by atoms with E-state index in [-0.39, 0.29) is 11.4 Å². The van der Waals surface area contributed by atoms with Crippen LogP contribution in [0.15, 0.2) is 48.7 Å². The van der Waals surface area contributed by atoms with Gasteiger partial charge >= 0.3 is 5.97 Å². The quantitative estimate of drug-likeness (QED) is 0.214. The SMILES string of the molecule is CCCCOc1ccc(C(CC)(CC)c2c[nH]c3cc(/C=C/C(=O)OC)ccc23)cc1C. The number of aryl methyl sites for hydroxylation is 1. The second kappa shape index (κ2) is 10.5. The topological polar surface area (TPSA) is 51.3 Å². The minimum atomic E-state index is -0.356. The minimum absolute atomic E-state index is 0.0890. The van der Waals surface area contributed by atoms with Crippen LogP contribution in [0.1, 0.15) is 68.7 Å². The van der Waals surface area contributed by atoms with Crippen molar-refractivity contribution in [1.29, 1.82) is 0 Å². The van der Waals surface area contributed by atoms with E-state index in [1.807, 2.05) is 6.07 Å². The molecule has 4 nitrogen and oxygen atoms in total. The van der Waals surface area contributed by atoms with Crippen LogP contribution in [-0.4, -0.2) is 24.7 Å². The van der Waals surface area contributed by atoms with E-state index in [0.717, 1.165) is 49.1 Å². The largest absolute Gasteiger partial charge is 0.493 e. The molecule has 0 saturated carbocycles. The molecule has 0 saturated heterocycles. The monoisotopic (exact) mass is 433 g/mol. The maximum absolute atomic E-state index is 11.4. The highest BCUT2D eigenvalue weighted by Gasteiger charge is 2.33. The number of nitrogens with one attached hydrogen (secondary N) is 1. The molecule has 1 N–H and O–H groups in total. The highest BCUT2D eigenvalue weighted by atomic mass is 16.5. The van der Waals surface area contributed by atoms with E-state index < -0.39 is 0 Å². The molecule has 0 atom stereocenters. The number of hydrogen-bond donors (Lipinski definition) is 1. The van der Waals surface area contributed by atoms with Crippen LogP contribution < -0.4 is 4.74 Å². The summed E-state index contributed by atoms with van der Waals surface area (Å²) < 4.78 is 10.7. The fraction of sp³-hybridized carbons (Fsp3) is 0.393. The molecule has 1 heterocycles. The van der Waals surface area contributed by atoms with Crippen LogP contribution in [0, 0.1) is 6.92 Å². The van der Waals surface area contributed by atoms with Crippen molar-refractivity contribution < 1.29 is 14.3 Å². The van der Waals surface area contributed by atoms with Gasteiger partial charge in [0.25, 0.3) is 0 Å². The molecule has 170 valence electrons. The normalized spacial score (nSPS) is 11.9. The van der Waals surface area contributed by atoms with Crippen LogP contribution in [0.25, 0.3) is 17.0 Å². The molecule has 0 unspecified atom stereocenters. The number of aromatic amines is 1. The van der Waals surface area contributed by atoms with E-state index in [0.29, 0.717) is 0 Å². The summed E-state index contributed by atoms with van der Waals surface area (Å²) in [5, 5.41) is 1.21. The first-order chi connectivity index (χ1) is 15.5. The number of unbranched alkanes of at least 4 members (excludes halogenated alkanes) is 1. The number of aromatic nitrogens is 1. The second-order valence-corrected chi connectivity index (χ2v) is 8.34. The van der Waals surface area contributed by atoms with Crippen molar-refractivity contribution in [2.75, 3.05) is 13.7 Å². The standard InChI is InChI=1S/C28H35NO3/c1-6-9-16-32-26-14-12-22(17-20(26)4)28(7-2,8-3)24-19-29-25-18-21(10-13-23(24)25)11-15-27(30)31-5/h10-15,17-19,29H,6-9,16H2,1-5H3/b15-11+. The van der Waals surface area contributed by atoms with Gasteiger partial charge in [-0.25, -0.2) is 4.79 Å². The number of benzene rings is 2. The molecule has 4 heteroatoms. The molecule has 0 amide bonds. The lowest BCUT2D eigenvalue weighted by atomic mass is 9.70. The number of carbonyl (C=O) groups excluding carboxylic acids is 1. The average molecular weight is 434 g/mol. The molecule has 2 aromatic carbocycles. The van der Waals surface area contributed by atoms with Gasteiger partial charge in [-0.2, -0.15) is 0 Å². The zero-order valence-corrected chi connectivity index (χ0v) is 20.0. The molecule has 0 fully saturated rings. The Bertz CT molecular complexity index is 1090. The Balaban J connectivity index is 1.99. The van der Waals surface area contributed by atoms with Gasteiger partial charge in [0.15, 0.2) is 0 Å². The van der Waals surface area contributed by atoms with Gasteiger partial charge in [-0.15, -0.1) is 0 Å². The van der Waals surface area contributed by atoms with Crippen LogP contribution in [0.3, 0.4) is 0 Å². The zero-order chi connectivity index (χ0) is 23.1. The third-order valence-corrected chi connectivity index (χ3v) is 6.52. The molecule has 32 heavy (non-hydrogen) atoms. The van der Waals surface area contributed by atoms with Gasteiger partial charge < -0.3 is 14.5 Å². The van der Waals surface area contributed by atoms with Crippen LogP contribution in [-0.2, 0) is 14.9 Å². The van der Waals surface area contributed by atoms with Crippen molar-refractivity contribution in [3.8, 4) is 5.75 Å². The summed E-state index contributed by atoms with van der Waals surface area (Å²) >= 11 is 0. The van der Waals surface area contributed by atoms with Gasteiger partial charge in [0.1, 0.15) is 5.75 Å². The van der Waals surface area contributed by atoms with Gasteiger partial charge in [0.05, 0.1) is 13.7 Å². The molecule has 1 aromatic heterocycles. The molecule has 0 bridgehead atoms. The number of hydrogen-bond acceptors (Lipinski definition) is 3. The highest BCUT2D eigenvalue weighted by molar-refractivity contribution is 5.90. The summed E-state index contributed by atoms with van der Waals surface area (Å²) in [7, 11) is 1.38. The first-order valence-corrected chi connectivity index (χ1v) is 11.6. The lowest BCUT2D eigenvalue weighted by molar-refractivity contribution is -0.134. The zero-order valence-electron chi connectivity index (χ0n) is 20.0. The molecule has 0 radical (unpaired) electrons. The third-order valence-electron chi connectivity index (χ3n) is 6.52. The first kappa shape index (κ1) is 23.6. The maximum Gasteiger partial charge on any atom is 0.330 e. The molecule has 3 rings (SSSR count). The van der Waals surface area contributed by atoms with E-state index >= 15 is 0 Å². The van der Waals surface area contributed by atoms with E-state index in [2.05, 4.69) is 73.9 Å². The first-order valence-electron chi connectivity index (χ1n) is 11.6. The summed E-state index contributed by atoms with van der Waals surface area (Å²) in [5.41, 5.74) is 5.74. The van der Waals surface area contributed by atoms with Gasteiger partial charge in [-0.1, -0.05) is 51.5 Å². The summed E-state index contributed by atoms with van der Waals surface area (Å²) in [6, 6.07) is 12.9. The van der Waals surface area contributed by atoms with E-state index in [1.54, 1.807) is 6.08 Å². The second-order valence-electron chi connectivity index (χ2n) is 8.34. The van der Waals surface area contributed by atoms with Crippen LogP contribution in [0.5, 0.6) is 5.75 Å². The van der Waals surface area contributed by atoms with Gasteiger partial charge in [-0.05, 0) is 66.6 Å². The van der Waals surface area contributed by atoms with Gasteiger partial charge in [0, 0.05) is 28.6 Å². The minimum Gasteiger partial charge on any atom is -0.493 e. The fourth-order valence-electron chi connectivity index (χ4n) is 4.51. The molecular formula is C28H35NO3. The summed E-state index contributed by atoms with van der Waals surface area (Å²) in [5.74, 6) is 0.620. The van der Waals surface area contributed by atoms with Crippen molar-refractivity contribution in [3.63, 3.8) is 0 Å². The number of rotatable bonds is 10. The number of methoxy groups -OCH3 is 1. The molecule has 0 aliphatic carbocycles. The van der Waals surface area contributed by atoms with Crippen molar-refractivity contribution in [1.82, 2.24) is 4.98 Å². The summed E-state index contributed by atoms with van der Waals surface area (Å²) in [4.78, 5) is 14.9. The van der Waals surface area contributed by atoms with Crippen LogP contribution >= 0.6 is 0 Å². The Morgan fingerprint density at radius 1 is 1.09 bits per heavy atom. The summed E-state index contributed by atoms with van der Waals surface area (Å²) in [6.07, 6.45) is 9.56. The third kappa shape index (κ3) is 4.74. The Labute approximate surface area is 191 Å².